The van der Waals surface area contributed by atoms with Crippen molar-refractivity contribution in [3.63, 3.8) is 0 Å². The van der Waals surface area contributed by atoms with E-state index in [1.165, 1.54) is 12.2 Å². The van der Waals surface area contributed by atoms with E-state index in [0.29, 0.717) is 0 Å². The van der Waals surface area contributed by atoms with Crippen LogP contribution in [-0.2, 0) is 9.59 Å². The summed E-state index contributed by atoms with van der Waals surface area (Å²) in [5.74, 6) is -1.84. The average molecular weight is 282 g/mol. The molecule has 114 valence electrons. The number of rotatable bonds is 9. The summed E-state index contributed by atoms with van der Waals surface area (Å²) < 4.78 is 0. The molecule has 0 saturated heterocycles. The molecule has 0 aromatic heterocycles. The van der Waals surface area contributed by atoms with Gasteiger partial charge in [0.2, 0.25) is 0 Å². The Hall–Kier alpha value is -1.58. The Morgan fingerprint density at radius 1 is 0.800 bits per heavy atom. The summed E-state index contributed by atoms with van der Waals surface area (Å²) in [5, 5.41) is 17.2. The van der Waals surface area contributed by atoms with Gasteiger partial charge in [0, 0.05) is 12.2 Å². The SMILES string of the molecule is CC(C)(C=CC(=O)O)CCCCC(C)(C)C=CC(=O)O. The van der Waals surface area contributed by atoms with Crippen molar-refractivity contribution in [2.45, 2.75) is 53.4 Å². The van der Waals surface area contributed by atoms with Crippen LogP contribution in [0.3, 0.4) is 0 Å². The quantitative estimate of drug-likeness (QED) is 0.497. The molecule has 0 fully saturated rings. The van der Waals surface area contributed by atoms with Crippen molar-refractivity contribution >= 4 is 11.9 Å². The fourth-order valence-corrected chi connectivity index (χ4v) is 1.92. The molecule has 20 heavy (non-hydrogen) atoms. The van der Waals surface area contributed by atoms with Gasteiger partial charge in [-0.15, -0.1) is 0 Å². The van der Waals surface area contributed by atoms with Crippen molar-refractivity contribution in [3.05, 3.63) is 24.3 Å². The first-order valence-corrected chi connectivity index (χ1v) is 6.88. The minimum atomic E-state index is -0.919. The highest BCUT2D eigenvalue weighted by molar-refractivity contribution is 5.80. The van der Waals surface area contributed by atoms with Crippen LogP contribution in [0.25, 0.3) is 0 Å². The molecule has 0 atom stereocenters. The Morgan fingerprint density at radius 3 is 1.35 bits per heavy atom. The smallest absolute Gasteiger partial charge is 0.327 e. The molecule has 0 aromatic carbocycles. The third kappa shape index (κ3) is 10.4. The molecule has 0 aliphatic heterocycles. The van der Waals surface area contributed by atoms with Gasteiger partial charge in [-0.25, -0.2) is 9.59 Å². The van der Waals surface area contributed by atoms with Crippen LogP contribution >= 0.6 is 0 Å². The normalized spacial score (nSPS) is 13.2. The minimum absolute atomic E-state index is 0.126. The monoisotopic (exact) mass is 282 g/mol. The third-order valence-electron chi connectivity index (χ3n) is 3.25. The van der Waals surface area contributed by atoms with Crippen LogP contribution in [0.2, 0.25) is 0 Å². The molecule has 0 unspecified atom stereocenters. The number of hydrogen-bond donors (Lipinski definition) is 2. The third-order valence-corrected chi connectivity index (χ3v) is 3.25. The van der Waals surface area contributed by atoms with Crippen molar-refractivity contribution in [2.24, 2.45) is 10.8 Å². The van der Waals surface area contributed by atoms with Gasteiger partial charge in [-0.3, -0.25) is 0 Å². The van der Waals surface area contributed by atoms with E-state index in [0.717, 1.165) is 25.7 Å². The molecule has 0 saturated carbocycles. The van der Waals surface area contributed by atoms with Crippen molar-refractivity contribution < 1.29 is 19.8 Å². The number of carboxylic acids is 2. The van der Waals surface area contributed by atoms with E-state index >= 15 is 0 Å². The van der Waals surface area contributed by atoms with E-state index < -0.39 is 11.9 Å². The van der Waals surface area contributed by atoms with E-state index in [2.05, 4.69) is 0 Å². The highest BCUT2D eigenvalue weighted by Gasteiger charge is 2.17. The first-order chi connectivity index (χ1) is 9.04. The zero-order valence-electron chi connectivity index (χ0n) is 12.8. The van der Waals surface area contributed by atoms with Crippen LogP contribution in [0.15, 0.2) is 24.3 Å². The number of aliphatic carboxylic acids is 2. The van der Waals surface area contributed by atoms with Crippen molar-refractivity contribution in [3.8, 4) is 0 Å². The van der Waals surface area contributed by atoms with Gasteiger partial charge in [0.05, 0.1) is 0 Å². The summed E-state index contributed by atoms with van der Waals surface area (Å²) in [6.45, 7) is 8.06. The summed E-state index contributed by atoms with van der Waals surface area (Å²) in [4.78, 5) is 21.0. The fraction of sp³-hybridized carbons (Fsp3) is 0.625. The lowest BCUT2D eigenvalue weighted by molar-refractivity contribution is -0.132. The number of hydrogen-bond acceptors (Lipinski definition) is 2. The molecule has 0 aliphatic carbocycles. The maximum atomic E-state index is 10.5. The summed E-state index contributed by atoms with van der Waals surface area (Å²) in [6, 6.07) is 0. The summed E-state index contributed by atoms with van der Waals surface area (Å²) in [5.41, 5.74) is -0.251. The van der Waals surface area contributed by atoms with Gasteiger partial charge in [-0.05, 0) is 23.7 Å². The molecule has 0 aliphatic rings. The van der Waals surface area contributed by atoms with E-state index in [9.17, 15) is 9.59 Å². The second kappa shape index (κ2) is 7.88. The maximum Gasteiger partial charge on any atom is 0.327 e. The van der Waals surface area contributed by atoms with Crippen molar-refractivity contribution in [1.29, 1.82) is 0 Å². The van der Waals surface area contributed by atoms with Gasteiger partial charge in [0.25, 0.3) is 0 Å². The molecule has 0 radical (unpaired) electrons. The standard InChI is InChI=1S/C16H26O4/c1-15(2,11-7-13(17)18)9-5-6-10-16(3,4)12-8-14(19)20/h7-8,11-12H,5-6,9-10H2,1-4H3,(H,17,18)(H,19,20). The number of allylic oxidation sites excluding steroid dienone is 2. The first-order valence-electron chi connectivity index (χ1n) is 6.88. The maximum absolute atomic E-state index is 10.5. The molecule has 0 amide bonds. The second-order valence-corrected chi connectivity index (χ2v) is 6.53. The van der Waals surface area contributed by atoms with Crippen LogP contribution in [0.5, 0.6) is 0 Å². The van der Waals surface area contributed by atoms with E-state index in [1.54, 1.807) is 12.2 Å². The molecule has 4 heteroatoms. The van der Waals surface area contributed by atoms with Crippen molar-refractivity contribution in [1.82, 2.24) is 0 Å². The van der Waals surface area contributed by atoms with Gasteiger partial charge < -0.3 is 10.2 Å². The lowest BCUT2D eigenvalue weighted by Crippen LogP contribution is -2.11. The van der Waals surface area contributed by atoms with Gasteiger partial charge in [0.15, 0.2) is 0 Å². The lowest BCUT2D eigenvalue weighted by Gasteiger charge is -2.23. The van der Waals surface area contributed by atoms with Gasteiger partial charge in [-0.2, -0.15) is 0 Å². The first kappa shape index (κ1) is 18.4. The lowest BCUT2D eigenvalue weighted by atomic mass is 9.82. The summed E-state index contributed by atoms with van der Waals surface area (Å²) in [6.07, 6.45) is 9.64. The summed E-state index contributed by atoms with van der Waals surface area (Å²) in [7, 11) is 0. The largest absolute Gasteiger partial charge is 0.478 e. The number of unbranched alkanes of at least 4 members (excludes halogenated alkanes) is 1. The second-order valence-electron chi connectivity index (χ2n) is 6.53. The number of carbonyl (C=O) groups is 2. The Labute approximate surface area is 121 Å². The fourth-order valence-electron chi connectivity index (χ4n) is 1.92. The molecular weight excluding hydrogens is 256 g/mol. The highest BCUT2D eigenvalue weighted by atomic mass is 16.4. The zero-order chi connectivity index (χ0) is 15.8. The molecule has 0 heterocycles. The molecule has 0 bridgehead atoms. The topological polar surface area (TPSA) is 74.6 Å². The molecule has 4 nitrogen and oxygen atoms in total. The Morgan fingerprint density at radius 2 is 1.10 bits per heavy atom. The van der Waals surface area contributed by atoms with Crippen LogP contribution < -0.4 is 0 Å². The zero-order valence-corrected chi connectivity index (χ0v) is 12.8. The predicted molar refractivity (Wildman–Crippen MR) is 79.6 cm³/mol. The Balaban J connectivity index is 4.13. The van der Waals surface area contributed by atoms with E-state index in [4.69, 9.17) is 10.2 Å². The van der Waals surface area contributed by atoms with Crippen LogP contribution in [0.4, 0.5) is 0 Å². The Bertz CT molecular complexity index is 351. The van der Waals surface area contributed by atoms with Crippen LogP contribution in [0.1, 0.15) is 53.4 Å². The van der Waals surface area contributed by atoms with Crippen LogP contribution in [-0.4, -0.2) is 22.2 Å². The average Bonchev–Trinajstić information content (AvgIpc) is 2.30. The van der Waals surface area contributed by atoms with Crippen LogP contribution in [0, 0.1) is 10.8 Å². The van der Waals surface area contributed by atoms with Gasteiger partial charge >= 0.3 is 11.9 Å². The number of carboxylic acid groups (broad SMARTS) is 2. The van der Waals surface area contributed by atoms with Gasteiger partial charge in [-0.1, -0.05) is 52.7 Å². The molecule has 0 spiro atoms. The highest BCUT2D eigenvalue weighted by Crippen LogP contribution is 2.29. The van der Waals surface area contributed by atoms with Crippen molar-refractivity contribution in [2.75, 3.05) is 0 Å². The summed E-state index contributed by atoms with van der Waals surface area (Å²) >= 11 is 0. The molecule has 0 rings (SSSR count). The minimum Gasteiger partial charge on any atom is -0.478 e. The molecular formula is C16H26O4. The predicted octanol–water partition coefficient (Wildman–Crippen LogP) is 3.88. The van der Waals surface area contributed by atoms with Gasteiger partial charge in [0.1, 0.15) is 0 Å². The van der Waals surface area contributed by atoms with E-state index in [1.807, 2.05) is 27.7 Å². The Kier molecular flexibility index (Phi) is 7.25. The molecule has 2 N–H and O–H groups in total. The van der Waals surface area contributed by atoms with E-state index in [-0.39, 0.29) is 10.8 Å². The molecule has 0 aromatic rings.